The van der Waals surface area contributed by atoms with E-state index in [1.807, 2.05) is 18.2 Å². The number of hydrogen-bond donors (Lipinski definition) is 2. The summed E-state index contributed by atoms with van der Waals surface area (Å²) in [7, 11) is 1.54. The predicted octanol–water partition coefficient (Wildman–Crippen LogP) is 4.02. The summed E-state index contributed by atoms with van der Waals surface area (Å²) < 4.78 is 10.8. The Labute approximate surface area is 184 Å². The molecular weight excluding hydrogens is 418 g/mol. The lowest BCUT2D eigenvalue weighted by Crippen LogP contribution is -2.32. The predicted molar refractivity (Wildman–Crippen MR) is 120 cm³/mol. The van der Waals surface area contributed by atoms with Crippen LogP contribution in [0.25, 0.3) is 0 Å². The number of carbonyl (C=O) groups is 2. The Balaban J connectivity index is 1.51. The molecule has 3 aromatic carbocycles. The minimum atomic E-state index is -0.891. The molecule has 7 nitrogen and oxygen atoms in total. The van der Waals surface area contributed by atoms with Crippen molar-refractivity contribution in [2.45, 2.75) is 6.61 Å². The lowest BCUT2D eigenvalue weighted by Gasteiger charge is -2.08. The van der Waals surface area contributed by atoms with E-state index in [-0.39, 0.29) is 0 Å². The van der Waals surface area contributed by atoms with Gasteiger partial charge in [0.25, 0.3) is 0 Å². The minimum Gasteiger partial charge on any atom is -0.497 e. The second kappa shape index (κ2) is 10.8. The van der Waals surface area contributed by atoms with Gasteiger partial charge in [0.05, 0.1) is 13.3 Å². The van der Waals surface area contributed by atoms with Crippen molar-refractivity contribution in [3.63, 3.8) is 0 Å². The molecule has 2 amide bonds. The zero-order valence-corrected chi connectivity index (χ0v) is 17.4. The highest BCUT2D eigenvalue weighted by molar-refractivity contribution is 6.39. The Hall–Kier alpha value is -3.84. The van der Waals surface area contributed by atoms with Gasteiger partial charge in [-0.1, -0.05) is 41.9 Å². The van der Waals surface area contributed by atoms with Gasteiger partial charge in [-0.25, -0.2) is 5.43 Å². The third-order valence-corrected chi connectivity index (χ3v) is 4.51. The van der Waals surface area contributed by atoms with Gasteiger partial charge >= 0.3 is 11.8 Å². The van der Waals surface area contributed by atoms with Crippen LogP contribution < -0.4 is 20.2 Å². The standard InChI is InChI=1S/C23H20ClN3O4/c1-30-19-11-9-18(10-12-19)26-22(28)23(29)27-25-14-16-5-4-7-20(13-16)31-15-17-6-2-3-8-21(17)24/h2-14H,15H2,1H3,(H,26,28)(H,27,29)/b25-14-. The van der Waals surface area contributed by atoms with E-state index in [9.17, 15) is 9.59 Å². The molecule has 0 bridgehead atoms. The fourth-order valence-corrected chi connectivity index (χ4v) is 2.73. The van der Waals surface area contributed by atoms with E-state index < -0.39 is 11.8 Å². The van der Waals surface area contributed by atoms with Gasteiger partial charge in [0.15, 0.2) is 0 Å². The van der Waals surface area contributed by atoms with Crippen molar-refractivity contribution in [2.24, 2.45) is 5.10 Å². The van der Waals surface area contributed by atoms with E-state index in [0.717, 1.165) is 5.56 Å². The first-order valence-electron chi connectivity index (χ1n) is 9.30. The normalized spacial score (nSPS) is 10.5. The monoisotopic (exact) mass is 437 g/mol. The molecule has 2 N–H and O–H groups in total. The molecule has 0 aliphatic rings. The topological polar surface area (TPSA) is 89.0 Å². The third kappa shape index (κ3) is 6.58. The Morgan fingerprint density at radius 2 is 1.74 bits per heavy atom. The van der Waals surface area contributed by atoms with Crippen LogP contribution in [0.3, 0.4) is 0 Å². The van der Waals surface area contributed by atoms with Crippen LogP contribution in [0, 0.1) is 0 Å². The van der Waals surface area contributed by atoms with Gasteiger partial charge in [0.1, 0.15) is 18.1 Å². The first-order chi connectivity index (χ1) is 15.0. The van der Waals surface area contributed by atoms with Crippen molar-refractivity contribution in [2.75, 3.05) is 12.4 Å². The number of hydrazone groups is 1. The fourth-order valence-electron chi connectivity index (χ4n) is 2.54. The van der Waals surface area contributed by atoms with Gasteiger partial charge in [-0.2, -0.15) is 5.10 Å². The van der Waals surface area contributed by atoms with E-state index in [4.69, 9.17) is 21.1 Å². The van der Waals surface area contributed by atoms with Gasteiger partial charge in [-0.3, -0.25) is 9.59 Å². The number of rotatable bonds is 7. The molecule has 8 heteroatoms. The van der Waals surface area contributed by atoms with Crippen molar-refractivity contribution in [1.29, 1.82) is 0 Å². The van der Waals surface area contributed by atoms with Gasteiger partial charge in [-0.05, 0) is 48.0 Å². The van der Waals surface area contributed by atoms with E-state index in [0.29, 0.717) is 34.4 Å². The molecule has 3 rings (SSSR count). The number of hydrogen-bond acceptors (Lipinski definition) is 5. The molecule has 31 heavy (non-hydrogen) atoms. The molecule has 0 unspecified atom stereocenters. The van der Waals surface area contributed by atoms with Gasteiger partial charge < -0.3 is 14.8 Å². The number of carbonyl (C=O) groups excluding carboxylic acids is 2. The third-order valence-electron chi connectivity index (χ3n) is 4.14. The molecule has 0 aliphatic carbocycles. The van der Waals surface area contributed by atoms with Crippen molar-refractivity contribution in [1.82, 2.24) is 5.43 Å². The van der Waals surface area contributed by atoms with Crippen LogP contribution in [0.5, 0.6) is 11.5 Å². The smallest absolute Gasteiger partial charge is 0.329 e. The van der Waals surface area contributed by atoms with Crippen LogP contribution in [-0.4, -0.2) is 25.1 Å². The average molecular weight is 438 g/mol. The first kappa shape index (κ1) is 21.9. The minimum absolute atomic E-state index is 0.322. The van der Waals surface area contributed by atoms with Crippen LogP contribution in [-0.2, 0) is 16.2 Å². The SMILES string of the molecule is COc1ccc(NC(=O)C(=O)N/N=C\c2cccc(OCc3ccccc3Cl)c2)cc1. The Morgan fingerprint density at radius 1 is 0.968 bits per heavy atom. The number of benzene rings is 3. The first-order valence-corrected chi connectivity index (χ1v) is 9.67. The van der Waals surface area contributed by atoms with Crippen LogP contribution >= 0.6 is 11.6 Å². The molecule has 0 heterocycles. The maximum Gasteiger partial charge on any atom is 0.329 e. The molecule has 0 saturated carbocycles. The number of nitrogens with one attached hydrogen (secondary N) is 2. The Bertz CT molecular complexity index is 1080. The molecule has 158 valence electrons. The van der Waals surface area contributed by atoms with Crippen LogP contribution in [0.4, 0.5) is 5.69 Å². The summed E-state index contributed by atoms with van der Waals surface area (Å²) in [6, 6.07) is 21.2. The van der Waals surface area contributed by atoms with Crippen LogP contribution in [0.15, 0.2) is 77.9 Å². The van der Waals surface area contributed by atoms with Crippen molar-refractivity contribution < 1.29 is 19.1 Å². The van der Waals surface area contributed by atoms with E-state index in [2.05, 4.69) is 15.8 Å². The highest BCUT2D eigenvalue weighted by Gasteiger charge is 2.12. The molecule has 0 spiro atoms. The molecule has 0 aromatic heterocycles. The number of nitrogens with zero attached hydrogens (tertiary/aromatic N) is 1. The number of methoxy groups -OCH3 is 1. The molecule has 3 aromatic rings. The summed E-state index contributed by atoms with van der Waals surface area (Å²) in [6.07, 6.45) is 1.42. The summed E-state index contributed by atoms with van der Waals surface area (Å²) in [4.78, 5) is 23.9. The quantitative estimate of drug-likeness (QED) is 0.332. The largest absolute Gasteiger partial charge is 0.497 e. The number of amides is 2. The second-order valence-electron chi connectivity index (χ2n) is 6.33. The number of anilines is 1. The highest BCUT2D eigenvalue weighted by atomic mass is 35.5. The average Bonchev–Trinajstić information content (AvgIpc) is 2.79. The van der Waals surface area contributed by atoms with Crippen LogP contribution in [0.2, 0.25) is 5.02 Å². The zero-order valence-electron chi connectivity index (χ0n) is 16.7. The number of halogens is 1. The zero-order chi connectivity index (χ0) is 22.1. The van der Waals surface area contributed by atoms with Gasteiger partial charge in [0.2, 0.25) is 0 Å². The second-order valence-corrected chi connectivity index (χ2v) is 6.74. The van der Waals surface area contributed by atoms with Gasteiger partial charge in [0, 0.05) is 16.3 Å². The molecule has 0 saturated heterocycles. The highest BCUT2D eigenvalue weighted by Crippen LogP contribution is 2.19. The van der Waals surface area contributed by atoms with Crippen molar-refractivity contribution >= 4 is 35.3 Å². The summed E-state index contributed by atoms with van der Waals surface area (Å²) in [6.45, 7) is 0.322. The Kier molecular flexibility index (Phi) is 7.61. The Morgan fingerprint density at radius 3 is 2.48 bits per heavy atom. The molecule has 0 atom stereocenters. The maximum absolute atomic E-state index is 12.0. The van der Waals surface area contributed by atoms with Crippen LogP contribution in [0.1, 0.15) is 11.1 Å². The van der Waals surface area contributed by atoms with Crippen molar-refractivity contribution in [3.8, 4) is 11.5 Å². The van der Waals surface area contributed by atoms with Gasteiger partial charge in [-0.15, -0.1) is 0 Å². The summed E-state index contributed by atoms with van der Waals surface area (Å²) in [5.74, 6) is -0.463. The fraction of sp³-hybridized carbons (Fsp3) is 0.0870. The summed E-state index contributed by atoms with van der Waals surface area (Å²) in [5, 5.41) is 6.93. The summed E-state index contributed by atoms with van der Waals surface area (Å²) >= 11 is 6.13. The van der Waals surface area contributed by atoms with Crippen molar-refractivity contribution in [3.05, 3.63) is 88.9 Å². The van der Waals surface area contributed by atoms with E-state index in [1.165, 1.54) is 6.21 Å². The molecular formula is C23H20ClN3O4. The molecule has 0 aliphatic heterocycles. The van der Waals surface area contributed by atoms with E-state index >= 15 is 0 Å². The lowest BCUT2D eigenvalue weighted by atomic mass is 10.2. The number of ether oxygens (including phenoxy) is 2. The molecule has 0 fully saturated rings. The molecule has 0 radical (unpaired) electrons. The maximum atomic E-state index is 12.0. The van der Waals surface area contributed by atoms with E-state index in [1.54, 1.807) is 61.7 Å². The summed E-state index contributed by atoms with van der Waals surface area (Å²) in [5.41, 5.74) is 4.22. The lowest BCUT2D eigenvalue weighted by molar-refractivity contribution is -0.136.